The first-order chi connectivity index (χ1) is 11.1. The molecule has 0 saturated carbocycles. The van der Waals surface area contributed by atoms with E-state index in [0.29, 0.717) is 11.6 Å². The molecule has 0 saturated heterocycles. The molecule has 1 aromatic heterocycles. The summed E-state index contributed by atoms with van der Waals surface area (Å²) in [4.78, 5) is 21.2. The molecule has 7 heteroatoms. The lowest BCUT2D eigenvalue weighted by molar-refractivity contribution is 0.103. The third kappa shape index (κ3) is 4.51. The number of halogens is 2. The fourth-order valence-electron chi connectivity index (χ4n) is 2.10. The van der Waals surface area contributed by atoms with Crippen LogP contribution >= 0.6 is 27.7 Å². The highest BCUT2D eigenvalue weighted by Gasteiger charge is 2.20. The Hall–Kier alpha value is -1.47. The van der Waals surface area contributed by atoms with Gasteiger partial charge in [-0.3, -0.25) is 4.79 Å². The number of aromatic nitrogens is 2. The van der Waals surface area contributed by atoms with Gasteiger partial charge in [-0.1, -0.05) is 27.7 Å². The topological polar surface area (TPSA) is 63.1 Å². The second kappa shape index (κ2) is 8.40. The quantitative estimate of drug-likeness (QED) is 0.251. The average Bonchev–Trinajstić information content (AvgIpc) is 2.54. The number of phenols is 1. The summed E-state index contributed by atoms with van der Waals surface area (Å²) in [7, 11) is 0. The molecule has 1 heterocycles. The van der Waals surface area contributed by atoms with E-state index >= 15 is 0 Å². The zero-order chi connectivity index (χ0) is 16.8. The van der Waals surface area contributed by atoms with E-state index in [1.54, 1.807) is 6.20 Å². The van der Waals surface area contributed by atoms with Crippen molar-refractivity contribution in [2.45, 2.75) is 24.4 Å². The first-order valence-electron chi connectivity index (χ1n) is 7.06. The Morgan fingerprint density at radius 2 is 2.17 bits per heavy atom. The Labute approximate surface area is 146 Å². The molecule has 0 aliphatic carbocycles. The summed E-state index contributed by atoms with van der Waals surface area (Å²) in [6.45, 7) is 0. The van der Waals surface area contributed by atoms with Gasteiger partial charge in [0, 0.05) is 23.2 Å². The predicted molar refractivity (Wildman–Crippen MR) is 92.0 cm³/mol. The second-order valence-electron chi connectivity index (χ2n) is 4.87. The van der Waals surface area contributed by atoms with Gasteiger partial charge in [-0.05, 0) is 37.7 Å². The van der Waals surface area contributed by atoms with Crippen LogP contribution in [0.3, 0.4) is 0 Å². The fraction of sp³-hybridized carbons (Fsp3) is 0.312. The Bertz CT molecular complexity index is 712. The lowest BCUT2D eigenvalue weighted by Gasteiger charge is -2.10. The highest BCUT2D eigenvalue weighted by atomic mass is 79.9. The van der Waals surface area contributed by atoms with Crippen molar-refractivity contribution >= 4 is 33.5 Å². The van der Waals surface area contributed by atoms with Crippen molar-refractivity contribution in [3.05, 3.63) is 47.0 Å². The summed E-state index contributed by atoms with van der Waals surface area (Å²) in [5.74, 6) is -1.40. The van der Waals surface area contributed by atoms with Crippen LogP contribution in [-0.2, 0) is 6.42 Å². The van der Waals surface area contributed by atoms with Crippen LogP contribution in [0.1, 0.15) is 34.5 Å². The van der Waals surface area contributed by atoms with E-state index in [-0.39, 0.29) is 17.0 Å². The normalized spacial score (nSPS) is 10.7. The number of alkyl halides is 1. The number of aromatic hydroxyl groups is 1. The van der Waals surface area contributed by atoms with Gasteiger partial charge in [0.1, 0.15) is 17.3 Å². The molecular formula is C16H16BrFN2O2S. The maximum Gasteiger partial charge on any atom is 0.215 e. The Balaban J connectivity index is 2.40. The van der Waals surface area contributed by atoms with Crippen LogP contribution in [0.5, 0.6) is 5.75 Å². The molecule has 0 aliphatic heterocycles. The molecule has 0 bridgehead atoms. The van der Waals surface area contributed by atoms with Crippen molar-refractivity contribution in [2.75, 3.05) is 11.6 Å². The zero-order valence-electron chi connectivity index (χ0n) is 12.6. The molecule has 2 aromatic rings. The minimum atomic E-state index is -0.593. The molecule has 0 atom stereocenters. The molecule has 2 rings (SSSR count). The third-order valence-corrected chi connectivity index (χ3v) is 4.40. The first-order valence-corrected chi connectivity index (χ1v) is 9.40. The molecule has 0 fully saturated rings. The van der Waals surface area contributed by atoms with Crippen molar-refractivity contribution in [1.29, 1.82) is 0 Å². The molecule has 4 nitrogen and oxygen atoms in total. The van der Waals surface area contributed by atoms with Gasteiger partial charge in [0.2, 0.25) is 5.78 Å². The number of ketones is 1. The Morgan fingerprint density at radius 3 is 2.83 bits per heavy atom. The van der Waals surface area contributed by atoms with Gasteiger partial charge >= 0.3 is 0 Å². The minimum absolute atomic E-state index is 0.0406. The summed E-state index contributed by atoms with van der Waals surface area (Å²) < 4.78 is 13.1. The minimum Gasteiger partial charge on any atom is -0.507 e. The van der Waals surface area contributed by atoms with Crippen LogP contribution in [0.15, 0.2) is 29.6 Å². The van der Waals surface area contributed by atoms with Crippen LogP contribution in [0, 0.1) is 5.82 Å². The molecule has 0 unspecified atom stereocenters. The highest BCUT2D eigenvalue weighted by Crippen LogP contribution is 2.24. The van der Waals surface area contributed by atoms with Gasteiger partial charge in [-0.15, -0.1) is 0 Å². The number of nitrogens with zero attached hydrogens (tertiary/aromatic N) is 2. The van der Waals surface area contributed by atoms with E-state index < -0.39 is 11.6 Å². The van der Waals surface area contributed by atoms with Crippen LogP contribution in [-0.4, -0.2) is 32.4 Å². The molecule has 0 radical (unpaired) electrons. The number of rotatable bonds is 7. The smallest absolute Gasteiger partial charge is 0.215 e. The van der Waals surface area contributed by atoms with E-state index in [9.17, 15) is 14.3 Å². The van der Waals surface area contributed by atoms with Gasteiger partial charge in [0.15, 0.2) is 5.16 Å². The molecule has 0 spiro atoms. The van der Waals surface area contributed by atoms with Crippen molar-refractivity contribution in [2.24, 2.45) is 0 Å². The average molecular weight is 399 g/mol. The Morgan fingerprint density at radius 1 is 1.39 bits per heavy atom. The van der Waals surface area contributed by atoms with Gasteiger partial charge in [0.25, 0.3) is 0 Å². The van der Waals surface area contributed by atoms with Gasteiger partial charge in [0.05, 0.1) is 5.56 Å². The maximum atomic E-state index is 13.1. The largest absolute Gasteiger partial charge is 0.507 e. The molecule has 23 heavy (non-hydrogen) atoms. The van der Waals surface area contributed by atoms with Crippen molar-refractivity contribution in [3.8, 4) is 5.75 Å². The number of aryl methyl sites for hydroxylation is 1. The van der Waals surface area contributed by atoms with Crippen molar-refractivity contribution < 1.29 is 14.3 Å². The molecule has 0 amide bonds. The fourth-order valence-corrected chi connectivity index (χ4v) is 2.84. The highest BCUT2D eigenvalue weighted by molar-refractivity contribution is 9.09. The Kier molecular flexibility index (Phi) is 6.53. The predicted octanol–water partition coefficient (Wildman–Crippen LogP) is 3.99. The van der Waals surface area contributed by atoms with E-state index in [1.165, 1.54) is 17.8 Å². The summed E-state index contributed by atoms with van der Waals surface area (Å²) in [6.07, 6.45) is 6.01. The van der Waals surface area contributed by atoms with Crippen LogP contribution in [0.2, 0.25) is 0 Å². The maximum absolute atomic E-state index is 13.1. The SMILES string of the molecule is CSc1ncc(CCCCBr)c(C(=O)c2ccc(F)cc2O)n1. The molecule has 1 N–H and O–H groups in total. The standard InChI is InChI=1S/C16H16BrFN2O2S/c1-23-16-19-9-10(4-2-3-7-17)14(20-16)15(22)12-6-5-11(18)8-13(12)21/h5-6,8-9,21H,2-4,7H2,1H3. The molecule has 0 aliphatic rings. The van der Waals surface area contributed by atoms with Crippen LogP contribution in [0.4, 0.5) is 4.39 Å². The lowest BCUT2D eigenvalue weighted by Crippen LogP contribution is -2.11. The lowest BCUT2D eigenvalue weighted by atomic mass is 10.0. The summed E-state index contributed by atoms with van der Waals surface area (Å²) in [6, 6.07) is 3.35. The number of unbranched alkanes of at least 4 members (excludes halogenated alkanes) is 1. The third-order valence-electron chi connectivity index (χ3n) is 3.27. The van der Waals surface area contributed by atoms with Crippen molar-refractivity contribution in [1.82, 2.24) is 9.97 Å². The van der Waals surface area contributed by atoms with Crippen molar-refractivity contribution in [3.63, 3.8) is 0 Å². The van der Waals surface area contributed by atoms with E-state index in [0.717, 1.165) is 35.9 Å². The van der Waals surface area contributed by atoms with E-state index in [4.69, 9.17) is 0 Å². The summed E-state index contributed by atoms with van der Waals surface area (Å²) in [5.41, 5.74) is 1.04. The molecule has 122 valence electrons. The van der Waals surface area contributed by atoms with Crippen LogP contribution < -0.4 is 0 Å². The first kappa shape index (κ1) is 17.9. The van der Waals surface area contributed by atoms with Crippen LogP contribution in [0.25, 0.3) is 0 Å². The number of carbonyl (C=O) groups is 1. The van der Waals surface area contributed by atoms with E-state index in [2.05, 4.69) is 25.9 Å². The van der Waals surface area contributed by atoms with E-state index in [1.807, 2.05) is 6.26 Å². The number of thioether (sulfide) groups is 1. The number of hydrogen-bond donors (Lipinski definition) is 1. The molecular weight excluding hydrogens is 383 g/mol. The summed E-state index contributed by atoms with van der Waals surface area (Å²) >= 11 is 4.71. The van der Waals surface area contributed by atoms with Gasteiger partial charge in [-0.2, -0.15) is 0 Å². The monoisotopic (exact) mass is 398 g/mol. The molecule has 1 aromatic carbocycles. The zero-order valence-corrected chi connectivity index (χ0v) is 15.0. The summed E-state index contributed by atoms with van der Waals surface area (Å²) in [5, 5.41) is 11.2. The number of hydrogen-bond acceptors (Lipinski definition) is 5. The number of carbonyl (C=O) groups excluding carboxylic acids is 1. The van der Waals surface area contributed by atoms with Gasteiger partial charge < -0.3 is 5.11 Å². The van der Waals surface area contributed by atoms with Gasteiger partial charge in [-0.25, -0.2) is 14.4 Å². The second-order valence-corrected chi connectivity index (χ2v) is 6.43. The number of benzene rings is 1. The number of phenolic OH excluding ortho intramolecular Hbond substituents is 1.